The Bertz CT molecular complexity index is 1120. The van der Waals surface area contributed by atoms with Crippen LogP contribution in [-0.4, -0.2) is 20.0 Å². The molecule has 27 heavy (non-hydrogen) atoms. The van der Waals surface area contributed by atoms with Crippen LogP contribution in [0.2, 0.25) is 18.1 Å². The van der Waals surface area contributed by atoms with E-state index in [0.717, 1.165) is 16.5 Å². The molecule has 140 valence electrons. The first kappa shape index (κ1) is 19.2. The second-order valence-corrected chi connectivity index (χ2v) is 12.9. The van der Waals surface area contributed by atoms with E-state index in [2.05, 4.69) is 45.7 Å². The lowest BCUT2D eigenvalue weighted by molar-refractivity contribution is 0.350. The van der Waals surface area contributed by atoms with Crippen molar-refractivity contribution in [1.82, 2.24) is 0 Å². The molecule has 1 aromatic heterocycles. The number of fused-ring (bicyclic) bond motifs is 3. The van der Waals surface area contributed by atoms with Crippen molar-refractivity contribution < 1.29 is 13.9 Å². The van der Waals surface area contributed by atoms with Crippen LogP contribution >= 0.6 is 0 Å². The Morgan fingerprint density at radius 2 is 1.78 bits per heavy atom. The van der Waals surface area contributed by atoms with Crippen molar-refractivity contribution >= 4 is 30.1 Å². The van der Waals surface area contributed by atoms with Gasteiger partial charge in [-0.1, -0.05) is 38.7 Å². The summed E-state index contributed by atoms with van der Waals surface area (Å²) in [6.07, 6.45) is 0. The molecule has 0 atom stereocenters. The lowest BCUT2D eigenvalue weighted by Crippen LogP contribution is -2.43. The molecule has 1 N–H and O–H groups in total. The Hall–Kier alpha value is -2.55. The van der Waals surface area contributed by atoms with Gasteiger partial charge in [-0.2, -0.15) is 0 Å². The summed E-state index contributed by atoms with van der Waals surface area (Å²) in [5.41, 5.74) is 0.772. The zero-order valence-corrected chi connectivity index (χ0v) is 17.3. The van der Waals surface area contributed by atoms with Crippen LogP contribution in [0.1, 0.15) is 26.3 Å². The predicted octanol–water partition coefficient (Wildman–Crippen LogP) is 4.67. The number of hydrogen-bond donors (Lipinski definition) is 1. The number of benzene rings is 2. The number of hydrogen-bond acceptors (Lipinski definition) is 4. The van der Waals surface area contributed by atoms with E-state index in [4.69, 9.17) is 13.9 Å². The second-order valence-electron chi connectivity index (χ2n) is 8.13. The summed E-state index contributed by atoms with van der Waals surface area (Å²) in [6.45, 7) is 10.7. The van der Waals surface area contributed by atoms with Gasteiger partial charge in [0.15, 0.2) is 0 Å². The molecule has 0 aliphatic heterocycles. The van der Waals surface area contributed by atoms with Crippen molar-refractivity contribution in [2.24, 2.45) is 0 Å². The maximum Gasteiger partial charge on any atom is 0.344 e. The molecule has 3 rings (SSSR count). The lowest BCUT2D eigenvalue weighted by atomic mass is 10.0. The van der Waals surface area contributed by atoms with Gasteiger partial charge in [0.1, 0.15) is 17.9 Å². The van der Waals surface area contributed by atoms with E-state index in [1.165, 1.54) is 0 Å². The van der Waals surface area contributed by atoms with Gasteiger partial charge in [0.2, 0.25) is 8.32 Å². The van der Waals surface area contributed by atoms with E-state index >= 15 is 0 Å². The van der Waals surface area contributed by atoms with E-state index in [0.29, 0.717) is 16.5 Å². The van der Waals surface area contributed by atoms with Crippen LogP contribution in [0.3, 0.4) is 0 Å². The molecule has 0 aliphatic carbocycles. The third kappa shape index (κ3) is 3.78. The van der Waals surface area contributed by atoms with E-state index < -0.39 is 13.9 Å². The molecule has 0 saturated heterocycles. The smallest absolute Gasteiger partial charge is 0.344 e. The highest BCUT2D eigenvalue weighted by Gasteiger charge is 2.39. The fraction of sp³-hybridized carbons (Fsp3) is 0.318. The molecule has 3 aromatic rings. The van der Waals surface area contributed by atoms with Crippen molar-refractivity contribution in [3.8, 4) is 17.6 Å². The van der Waals surface area contributed by atoms with E-state index in [1.807, 2.05) is 24.3 Å². The Morgan fingerprint density at radius 1 is 1.07 bits per heavy atom. The minimum atomic E-state index is -1.98. The molecule has 0 fully saturated rings. The summed E-state index contributed by atoms with van der Waals surface area (Å²) in [6, 6.07) is 11.1. The van der Waals surface area contributed by atoms with Crippen molar-refractivity contribution in [2.75, 3.05) is 6.61 Å². The summed E-state index contributed by atoms with van der Waals surface area (Å²) in [4.78, 5) is 12.5. The minimum Gasteiger partial charge on any atom is -0.543 e. The van der Waals surface area contributed by atoms with Crippen LogP contribution in [0, 0.1) is 11.8 Å². The topological polar surface area (TPSA) is 59.7 Å². The fourth-order valence-electron chi connectivity index (χ4n) is 2.64. The van der Waals surface area contributed by atoms with E-state index in [9.17, 15) is 4.79 Å². The molecule has 0 amide bonds. The van der Waals surface area contributed by atoms with Gasteiger partial charge >= 0.3 is 5.63 Å². The Labute approximate surface area is 159 Å². The number of aliphatic hydroxyl groups is 1. The molecule has 0 spiro atoms. The van der Waals surface area contributed by atoms with Gasteiger partial charge in [0.05, 0.1) is 5.39 Å². The Kier molecular flexibility index (Phi) is 4.89. The molecule has 5 heteroatoms. The van der Waals surface area contributed by atoms with Gasteiger partial charge < -0.3 is 13.9 Å². The molecular weight excluding hydrogens is 356 g/mol. The molecule has 0 saturated carbocycles. The predicted molar refractivity (Wildman–Crippen MR) is 112 cm³/mol. The first-order valence-corrected chi connectivity index (χ1v) is 11.8. The second kappa shape index (κ2) is 6.88. The maximum absolute atomic E-state index is 12.5. The highest BCUT2D eigenvalue weighted by molar-refractivity contribution is 6.74. The van der Waals surface area contributed by atoms with Gasteiger partial charge in [-0.15, -0.1) is 0 Å². The third-order valence-corrected chi connectivity index (χ3v) is 9.53. The standard InChI is InChI=1S/C22H24O4Si/c1-22(2,3)27(4,5)26-16-9-11-18-17-10-8-15(7-6-12-23)13-19(17)21(24)25-20(18)14-16/h8-11,13-14,23H,12H2,1-5H3. The molecule has 0 radical (unpaired) electrons. The Balaban J connectivity index is 2.11. The lowest BCUT2D eigenvalue weighted by Gasteiger charge is -2.36. The van der Waals surface area contributed by atoms with E-state index in [-0.39, 0.29) is 11.6 Å². The number of rotatable bonds is 2. The first-order valence-electron chi connectivity index (χ1n) is 8.92. The largest absolute Gasteiger partial charge is 0.543 e. The third-order valence-electron chi connectivity index (χ3n) is 5.18. The molecule has 1 heterocycles. The van der Waals surface area contributed by atoms with Crippen LogP contribution in [0.15, 0.2) is 45.6 Å². The van der Waals surface area contributed by atoms with Crippen molar-refractivity contribution in [1.29, 1.82) is 0 Å². The number of aliphatic hydroxyl groups excluding tert-OH is 1. The molecule has 0 unspecified atom stereocenters. The van der Waals surface area contributed by atoms with Gasteiger partial charge in [0, 0.05) is 22.4 Å². The molecule has 0 aliphatic rings. The van der Waals surface area contributed by atoms with Crippen LogP contribution in [0.5, 0.6) is 5.75 Å². The highest BCUT2D eigenvalue weighted by atomic mass is 28.4. The summed E-state index contributed by atoms with van der Waals surface area (Å²) in [5, 5.41) is 11.1. The van der Waals surface area contributed by atoms with E-state index in [1.54, 1.807) is 12.1 Å². The maximum atomic E-state index is 12.5. The normalized spacial score (nSPS) is 12.1. The van der Waals surface area contributed by atoms with Crippen molar-refractivity contribution in [3.05, 3.63) is 52.4 Å². The van der Waals surface area contributed by atoms with Gasteiger partial charge in [0.25, 0.3) is 0 Å². The molecule has 4 nitrogen and oxygen atoms in total. The minimum absolute atomic E-state index is 0.0815. The SMILES string of the molecule is CC(C)(C)[Si](C)(C)Oc1ccc2c(c1)oc(=O)c1cc(C#CCO)ccc12. The first-order chi connectivity index (χ1) is 12.6. The summed E-state index contributed by atoms with van der Waals surface area (Å²) in [7, 11) is -1.98. The fourth-order valence-corrected chi connectivity index (χ4v) is 3.67. The van der Waals surface area contributed by atoms with Gasteiger partial charge in [-0.25, -0.2) is 4.79 Å². The summed E-state index contributed by atoms with van der Waals surface area (Å²) < 4.78 is 11.9. The van der Waals surface area contributed by atoms with Gasteiger partial charge in [-0.05, 0) is 42.4 Å². The van der Waals surface area contributed by atoms with Crippen LogP contribution < -0.4 is 10.1 Å². The average molecular weight is 381 g/mol. The molecule has 2 aromatic carbocycles. The van der Waals surface area contributed by atoms with Crippen molar-refractivity contribution in [2.45, 2.75) is 38.9 Å². The monoisotopic (exact) mass is 380 g/mol. The van der Waals surface area contributed by atoms with Gasteiger partial charge in [-0.3, -0.25) is 0 Å². The molecular formula is C22H24O4Si. The Morgan fingerprint density at radius 3 is 2.44 bits per heavy atom. The summed E-state index contributed by atoms with van der Waals surface area (Å²) in [5.74, 6) is 6.13. The van der Waals surface area contributed by atoms with Crippen molar-refractivity contribution in [3.63, 3.8) is 0 Å². The zero-order chi connectivity index (χ0) is 19.8. The highest BCUT2D eigenvalue weighted by Crippen LogP contribution is 2.38. The average Bonchev–Trinajstić information content (AvgIpc) is 2.58. The van der Waals surface area contributed by atoms with Crippen LogP contribution in [-0.2, 0) is 0 Å². The van der Waals surface area contributed by atoms with Crippen LogP contribution in [0.25, 0.3) is 21.7 Å². The quantitative estimate of drug-likeness (QED) is 0.304. The zero-order valence-electron chi connectivity index (χ0n) is 16.3. The summed E-state index contributed by atoms with van der Waals surface area (Å²) >= 11 is 0. The molecule has 0 bridgehead atoms. The van der Waals surface area contributed by atoms with Crippen LogP contribution in [0.4, 0.5) is 0 Å².